The van der Waals surface area contributed by atoms with Crippen molar-refractivity contribution in [3.8, 4) is 28.1 Å². The molecule has 1 amide bonds. The van der Waals surface area contributed by atoms with E-state index in [-0.39, 0.29) is 29.5 Å². The molecule has 4 aromatic rings. The van der Waals surface area contributed by atoms with Crippen molar-refractivity contribution in [3.63, 3.8) is 0 Å². The molecule has 0 spiro atoms. The number of phenols is 1. The number of benzene rings is 3. The van der Waals surface area contributed by atoms with Crippen LogP contribution >= 0.6 is 0 Å². The first-order valence-electron chi connectivity index (χ1n) is 11.4. The van der Waals surface area contributed by atoms with Gasteiger partial charge in [-0.25, -0.2) is 13.1 Å². The van der Waals surface area contributed by atoms with Crippen LogP contribution in [-0.2, 0) is 14.8 Å². The number of rotatable bonds is 8. The summed E-state index contributed by atoms with van der Waals surface area (Å²) in [6.45, 7) is 3.19. The minimum atomic E-state index is -3.81. The molecule has 0 unspecified atom stereocenters. The lowest BCUT2D eigenvalue weighted by atomic mass is 10.0. The van der Waals surface area contributed by atoms with E-state index in [1.54, 1.807) is 20.0 Å². The minimum Gasteiger partial charge on any atom is -0.508 e. The Bertz CT molecular complexity index is 1440. The van der Waals surface area contributed by atoms with Crippen LogP contribution in [0.2, 0.25) is 0 Å². The van der Waals surface area contributed by atoms with Crippen molar-refractivity contribution < 1.29 is 18.3 Å². The molecule has 36 heavy (non-hydrogen) atoms. The number of sulfonamides is 1. The number of carbonyl (C=O) groups excluding carboxylic acids is 1. The summed E-state index contributed by atoms with van der Waals surface area (Å²) in [6, 6.07) is 24.2. The number of pyridine rings is 1. The number of anilines is 1. The fourth-order valence-corrected chi connectivity index (χ4v) is 5.54. The predicted octanol–water partition coefficient (Wildman–Crippen LogP) is 5.05. The van der Waals surface area contributed by atoms with Crippen molar-refractivity contribution in [3.05, 3.63) is 96.2 Å². The molecule has 184 valence electrons. The van der Waals surface area contributed by atoms with E-state index in [1.165, 1.54) is 12.1 Å². The summed E-state index contributed by atoms with van der Waals surface area (Å²) in [5, 5.41) is 12.4. The molecule has 0 bridgehead atoms. The highest BCUT2D eigenvalue weighted by atomic mass is 32.2. The van der Waals surface area contributed by atoms with Crippen LogP contribution in [0.3, 0.4) is 0 Å². The van der Waals surface area contributed by atoms with E-state index in [2.05, 4.69) is 15.0 Å². The lowest BCUT2D eigenvalue weighted by Gasteiger charge is -2.13. The highest BCUT2D eigenvalue weighted by Crippen LogP contribution is 2.26. The van der Waals surface area contributed by atoms with Crippen molar-refractivity contribution in [2.75, 3.05) is 11.9 Å². The molecular weight excluding hydrogens is 474 g/mol. The van der Waals surface area contributed by atoms with Gasteiger partial charge < -0.3 is 10.4 Å². The van der Waals surface area contributed by atoms with Gasteiger partial charge in [-0.3, -0.25) is 9.78 Å². The van der Waals surface area contributed by atoms with Gasteiger partial charge in [-0.2, -0.15) is 0 Å². The Kier molecular flexibility index (Phi) is 7.47. The molecule has 1 aromatic heterocycles. The van der Waals surface area contributed by atoms with Crippen LogP contribution in [0.15, 0.2) is 90.0 Å². The fraction of sp³-hybridized carbons (Fsp3) is 0.143. The largest absolute Gasteiger partial charge is 0.508 e. The summed E-state index contributed by atoms with van der Waals surface area (Å²) in [5.74, 6) is -0.292. The number of aromatic hydroxyl groups is 1. The normalized spacial score (nSPS) is 11.3. The van der Waals surface area contributed by atoms with Crippen molar-refractivity contribution in [2.24, 2.45) is 0 Å². The number of phenolic OH excluding ortho intramolecular Hbond substituents is 1. The quantitative estimate of drug-likeness (QED) is 0.313. The summed E-state index contributed by atoms with van der Waals surface area (Å²) in [4.78, 5) is 16.8. The lowest BCUT2D eigenvalue weighted by Crippen LogP contribution is -2.28. The van der Waals surface area contributed by atoms with Crippen molar-refractivity contribution in [2.45, 2.75) is 25.2 Å². The lowest BCUT2D eigenvalue weighted by molar-refractivity contribution is -0.116. The van der Waals surface area contributed by atoms with Crippen molar-refractivity contribution in [1.29, 1.82) is 0 Å². The minimum absolute atomic E-state index is 0.0100. The molecule has 0 saturated heterocycles. The highest BCUT2D eigenvalue weighted by molar-refractivity contribution is 7.89. The molecule has 0 aliphatic rings. The maximum atomic E-state index is 12.7. The average molecular weight is 502 g/mol. The molecule has 0 atom stereocenters. The molecule has 8 heteroatoms. The van der Waals surface area contributed by atoms with Crippen LogP contribution in [-0.4, -0.2) is 31.0 Å². The summed E-state index contributed by atoms with van der Waals surface area (Å²) in [7, 11) is -3.81. The van der Waals surface area contributed by atoms with Gasteiger partial charge in [0.15, 0.2) is 0 Å². The van der Waals surface area contributed by atoms with Gasteiger partial charge in [-0.15, -0.1) is 0 Å². The number of aryl methyl sites for hydroxylation is 2. The molecule has 1 heterocycles. The number of carbonyl (C=O) groups is 1. The van der Waals surface area contributed by atoms with E-state index in [9.17, 15) is 18.3 Å². The maximum Gasteiger partial charge on any atom is 0.241 e. The number of aromatic nitrogens is 1. The third kappa shape index (κ3) is 5.97. The van der Waals surface area contributed by atoms with E-state index >= 15 is 0 Å². The SMILES string of the molecule is Cc1cc(O)cc(C)c1S(=O)(=O)NCCC(=O)Nc1ccc(-c2ccc(-c3ccccn3)cc2)cc1. The van der Waals surface area contributed by atoms with E-state index in [4.69, 9.17) is 0 Å². The molecule has 4 rings (SSSR count). The van der Waals surface area contributed by atoms with Crippen molar-refractivity contribution >= 4 is 21.6 Å². The Hall–Kier alpha value is -4.01. The van der Waals surface area contributed by atoms with Gasteiger partial charge >= 0.3 is 0 Å². The Morgan fingerprint density at radius 3 is 2.03 bits per heavy atom. The third-order valence-electron chi connectivity index (χ3n) is 5.71. The van der Waals surface area contributed by atoms with Gasteiger partial charge in [-0.05, 0) is 72.5 Å². The number of hydrogen-bond donors (Lipinski definition) is 3. The van der Waals surface area contributed by atoms with Crippen LogP contribution in [0.1, 0.15) is 17.5 Å². The van der Waals surface area contributed by atoms with Gasteiger partial charge in [0.05, 0.1) is 10.6 Å². The van der Waals surface area contributed by atoms with Crippen LogP contribution in [0, 0.1) is 13.8 Å². The fourth-order valence-electron chi connectivity index (χ4n) is 4.06. The van der Waals surface area contributed by atoms with Gasteiger partial charge in [-0.1, -0.05) is 42.5 Å². The standard InChI is InChI=1S/C28H27N3O4S/c1-19-17-25(32)18-20(2)28(19)36(34,35)30-16-14-27(33)31-24-12-10-22(11-13-24)21-6-8-23(9-7-21)26-5-3-4-15-29-26/h3-13,15,17-18,30,32H,14,16H2,1-2H3,(H,31,33). The molecule has 7 nitrogen and oxygen atoms in total. The first kappa shape index (κ1) is 25.1. The van der Waals surface area contributed by atoms with Gasteiger partial charge in [0.1, 0.15) is 5.75 Å². The van der Waals surface area contributed by atoms with Gasteiger partial charge in [0.2, 0.25) is 15.9 Å². The summed E-state index contributed by atoms with van der Waals surface area (Å²) < 4.78 is 27.8. The zero-order valence-electron chi connectivity index (χ0n) is 20.0. The maximum absolute atomic E-state index is 12.7. The number of nitrogens with zero attached hydrogens (tertiary/aromatic N) is 1. The van der Waals surface area contributed by atoms with Crippen LogP contribution in [0.4, 0.5) is 5.69 Å². The first-order chi connectivity index (χ1) is 17.2. The Labute approximate surface area is 210 Å². The molecule has 3 aromatic carbocycles. The predicted molar refractivity (Wildman–Crippen MR) is 141 cm³/mol. The van der Waals surface area contributed by atoms with Crippen LogP contribution in [0.5, 0.6) is 5.75 Å². The molecule has 0 aliphatic heterocycles. The van der Waals surface area contributed by atoms with E-state index in [0.29, 0.717) is 16.8 Å². The highest BCUT2D eigenvalue weighted by Gasteiger charge is 2.20. The molecular formula is C28H27N3O4S. The number of amides is 1. The molecule has 0 radical (unpaired) electrons. The molecule has 0 saturated carbocycles. The second-order valence-electron chi connectivity index (χ2n) is 8.47. The Balaban J connectivity index is 1.32. The summed E-state index contributed by atoms with van der Waals surface area (Å²) in [6.07, 6.45) is 1.75. The Morgan fingerprint density at radius 2 is 1.44 bits per heavy atom. The van der Waals surface area contributed by atoms with Gasteiger partial charge in [0.25, 0.3) is 0 Å². The number of nitrogens with one attached hydrogen (secondary N) is 2. The molecule has 0 fully saturated rings. The third-order valence-corrected chi connectivity index (χ3v) is 7.47. The molecule has 3 N–H and O–H groups in total. The first-order valence-corrected chi connectivity index (χ1v) is 12.9. The Morgan fingerprint density at radius 1 is 0.861 bits per heavy atom. The monoisotopic (exact) mass is 501 g/mol. The van der Waals surface area contributed by atoms with Crippen molar-refractivity contribution in [1.82, 2.24) is 9.71 Å². The summed E-state index contributed by atoms with van der Waals surface area (Å²) >= 11 is 0. The molecule has 0 aliphatic carbocycles. The smallest absolute Gasteiger partial charge is 0.241 e. The zero-order chi connectivity index (χ0) is 25.7. The van der Waals surface area contributed by atoms with E-state index < -0.39 is 10.0 Å². The van der Waals surface area contributed by atoms with Gasteiger partial charge in [0, 0.05) is 30.4 Å². The van der Waals surface area contributed by atoms with Crippen LogP contribution < -0.4 is 10.0 Å². The second kappa shape index (κ2) is 10.7. The zero-order valence-corrected chi connectivity index (χ0v) is 20.8. The van der Waals surface area contributed by atoms with E-state index in [1.807, 2.05) is 66.7 Å². The summed E-state index contributed by atoms with van der Waals surface area (Å²) in [5.41, 5.74) is 5.51. The second-order valence-corrected chi connectivity index (χ2v) is 10.2. The average Bonchev–Trinajstić information content (AvgIpc) is 2.84. The van der Waals surface area contributed by atoms with E-state index in [0.717, 1.165) is 22.4 Å². The van der Waals surface area contributed by atoms with Crippen LogP contribution in [0.25, 0.3) is 22.4 Å². The number of hydrogen-bond acceptors (Lipinski definition) is 5. The topological polar surface area (TPSA) is 108 Å².